The predicted molar refractivity (Wildman–Crippen MR) is 125 cm³/mol. The molecule has 1 aromatic carbocycles. The number of aromatic nitrogens is 1. The molecule has 1 fully saturated rings. The lowest BCUT2D eigenvalue weighted by atomic mass is 10.1. The number of hydrogen-bond donors (Lipinski definition) is 0. The Balaban J connectivity index is 1.60. The van der Waals surface area contributed by atoms with E-state index in [0.717, 1.165) is 11.4 Å². The monoisotopic (exact) mass is 472 g/mol. The fraction of sp³-hybridized carbons (Fsp3) is 0.480. The molecule has 9 heteroatoms. The summed E-state index contributed by atoms with van der Waals surface area (Å²) in [7, 11) is 1.44. The van der Waals surface area contributed by atoms with E-state index in [1.54, 1.807) is 11.0 Å². The van der Waals surface area contributed by atoms with Crippen molar-refractivity contribution in [1.29, 1.82) is 0 Å². The van der Waals surface area contributed by atoms with E-state index in [0.29, 0.717) is 37.6 Å². The number of esters is 1. The number of aryl methyl sites for hydroxylation is 1. The van der Waals surface area contributed by atoms with Crippen LogP contribution in [0.15, 0.2) is 24.3 Å². The van der Waals surface area contributed by atoms with Gasteiger partial charge in [0.1, 0.15) is 0 Å². The van der Waals surface area contributed by atoms with E-state index >= 15 is 0 Å². The van der Waals surface area contributed by atoms with Gasteiger partial charge in [-0.2, -0.15) is 0 Å². The van der Waals surface area contributed by atoms with Gasteiger partial charge in [0.05, 0.1) is 25.9 Å². The minimum atomic E-state index is -0.653. The first kappa shape index (κ1) is 25.3. The summed E-state index contributed by atoms with van der Waals surface area (Å²) >= 11 is 0. The number of carbonyl (C=O) groups excluding carboxylic acids is 3. The van der Waals surface area contributed by atoms with Crippen molar-refractivity contribution in [3.63, 3.8) is 0 Å². The van der Waals surface area contributed by atoms with Gasteiger partial charge >= 0.3 is 5.97 Å². The molecule has 1 amide bonds. The highest BCUT2D eigenvalue weighted by molar-refractivity contribution is 6.00. The number of carbonyl (C=O) groups is 3. The fourth-order valence-electron chi connectivity index (χ4n) is 4.10. The van der Waals surface area contributed by atoms with Gasteiger partial charge in [0, 0.05) is 36.1 Å². The second kappa shape index (κ2) is 11.2. The first-order valence-electron chi connectivity index (χ1n) is 11.3. The van der Waals surface area contributed by atoms with Gasteiger partial charge in [-0.05, 0) is 52.0 Å². The topological polar surface area (TPSA) is 96.3 Å². The summed E-state index contributed by atoms with van der Waals surface area (Å²) in [6.07, 6.45) is 0. The molecule has 0 spiro atoms. The lowest BCUT2D eigenvalue weighted by Gasteiger charge is -2.26. The summed E-state index contributed by atoms with van der Waals surface area (Å²) in [5.41, 5.74) is 2.59. The normalized spacial score (nSPS) is 13.6. The molecule has 0 saturated carbocycles. The maximum atomic E-state index is 12.7. The van der Waals surface area contributed by atoms with Crippen LogP contribution in [0.4, 0.5) is 0 Å². The number of ether oxygens (including phenoxy) is 4. The maximum Gasteiger partial charge on any atom is 0.338 e. The molecule has 0 N–H and O–H groups in total. The zero-order valence-electron chi connectivity index (χ0n) is 20.4. The molecular weight excluding hydrogens is 440 g/mol. The van der Waals surface area contributed by atoms with Crippen LogP contribution >= 0.6 is 0 Å². The Kier molecular flexibility index (Phi) is 8.33. The van der Waals surface area contributed by atoms with Crippen molar-refractivity contribution in [1.82, 2.24) is 9.47 Å². The van der Waals surface area contributed by atoms with Gasteiger partial charge in [0.25, 0.3) is 5.91 Å². The van der Waals surface area contributed by atoms with Crippen molar-refractivity contribution in [3.8, 4) is 11.5 Å². The SMILES string of the molecule is COc1cc(C(=O)OCC(=O)c2cc(C)n(C(C)C)c2C)ccc1OCC(=O)N1CCOCC1. The smallest absolute Gasteiger partial charge is 0.338 e. The number of benzene rings is 1. The van der Waals surface area contributed by atoms with Gasteiger partial charge in [-0.3, -0.25) is 9.59 Å². The summed E-state index contributed by atoms with van der Waals surface area (Å²) < 4.78 is 23.5. The van der Waals surface area contributed by atoms with Crippen LogP contribution in [0.25, 0.3) is 0 Å². The van der Waals surface area contributed by atoms with E-state index in [1.807, 2.05) is 33.8 Å². The third-order valence-electron chi connectivity index (χ3n) is 5.75. The zero-order valence-corrected chi connectivity index (χ0v) is 20.4. The summed E-state index contributed by atoms with van der Waals surface area (Å²) in [6, 6.07) is 6.56. The average molecular weight is 473 g/mol. The Bertz CT molecular complexity index is 1050. The molecule has 2 heterocycles. The van der Waals surface area contributed by atoms with Crippen molar-refractivity contribution >= 4 is 17.7 Å². The number of nitrogens with zero attached hydrogens (tertiary/aromatic N) is 2. The number of amides is 1. The van der Waals surface area contributed by atoms with Crippen LogP contribution in [0.2, 0.25) is 0 Å². The van der Waals surface area contributed by atoms with Crippen molar-refractivity contribution in [3.05, 3.63) is 46.8 Å². The minimum Gasteiger partial charge on any atom is -0.493 e. The molecular formula is C25H32N2O7. The number of ketones is 1. The Labute approximate surface area is 199 Å². The predicted octanol–water partition coefficient (Wildman–Crippen LogP) is 2.97. The molecule has 3 rings (SSSR count). The molecule has 184 valence electrons. The van der Waals surface area contributed by atoms with E-state index in [2.05, 4.69) is 4.57 Å². The maximum absolute atomic E-state index is 12.7. The number of morpholine rings is 1. The number of rotatable bonds is 9. The van der Waals surface area contributed by atoms with Crippen LogP contribution in [0.3, 0.4) is 0 Å². The van der Waals surface area contributed by atoms with Crippen molar-refractivity contribution in [2.45, 2.75) is 33.7 Å². The second-order valence-electron chi connectivity index (χ2n) is 8.40. The molecule has 34 heavy (non-hydrogen) atoms. The highest BCUT2D eigenvalue weighted by atomic mass is 16.5. The Morgan fingerprint density at radius 2 is 1.74 bits per heavy atom. The highest BCUT2D eigenvalue weighted by Gasteiger charge is 2.21. The highest BCUT2D eigenvalue weighted by Crippen LogP contribution is 2.28. The minimum absolute atomic E-state index is 0.149. The van der Waals surface area contributed by atoms with Crippen LogP contribution in [-0.2, 0) is 14.3 Å². The first-order valence-corrected chi connectivity index (χ1v) is 11.3. The van der Waals surface area contributed by atoms with Crippen molar-refractivity contribution in [2.75, 3.05) is 46.6 Å². The van der Waals surface area contributed by atoms with E-state index in [-0.39, 0.29) is 42.3 Å². The Morgan fingerprint density at radius 1 is 1.03 bits per heavy atom. The average Bonchev–Trinajstić information content (AvgIpc) is 3.15. The molecule has 1 aromatic heterocycles. The van der Waals surface area contributed by atoms with E-state index < -0.39 is 5.97 Å². The fourth-order valence-corrected chi connectivity index (χ4v) is 4.10. The second-order valence-corrected chi connectivity index (χ2v) is 8.40. The molecule has 0 unspecified atom stereocenters. The van der Waals surface area contributed by atoms with Crippen LogP contribution in [-0.4, -0.2) is 73.8 Å². The summed E-state index contributed by atoms with van der Waals surface area (Å²) in [6.45, 7) is 9.50. The summed E-state index contributed by atoms with van der Waals surface area (Å²) in [4.78, 5) is 39.2. The summed E-state index contributed by atoms with van der Waals surface area (Å²) in [5, 5.41) is 0. The van der Waals surface area contributed by atoms with Crippen LogP contribution < -0.4 is 9.47 Å². The van der Waals surface area contributed by atoms with E-state index in [9.17, 15) is 14.4 Å². The van der Waals surface area contributed by atoms with Gasteiger partial charge < -0.3 is 28.4 Å². The van der Waals surface area contributed by atoms with Crippen LogP contribution in [0.5, 0.6) is 11.5 Å². The third kappa shape index (κ3) is 5.77. The van der Waals surface area contributed by atoms with E-state index in [4.69, 9.17) is 18.9 Å². The van der Waals surface area contributed by atoms with E-state index in [1.165, 1.54) is 19.2 Å². The molecule has 0 atom stereocenters. The van der Waals surface area contributed by atoms with Crippen LogP contribution in [0, 0.1) is 13.8 Å². The molecule has 1 aliphatic rings. The molecule has 1 aliphatic heterocycles. The molecule has 0 radical (unpaired) electrons. The number of methoxy groups -OCH3 is 1. The van der Waals surface area contributed by atoms with Gasteiger partial charge in [-0.1, -0.05) is 0 Å². The third-order valence-corrected chi connectivity index (χ3v) is 5.75. The summed E-state index contributed by atoms with van der Waals surface area (Å²) in [5.74, 6) is -0.444. The van der Waals surface area contributed by atoms with Crippen LogP contribution in [0.1, 0.15) is 52.0 Å². The largest absolute Gasteiger partial charge is 0.493 e. The van der Waals surface area contributed by atoms with Gasteiger partial charge in [0.2, 0.25) is 5.78 Å². The molecule has 2 aromatic rings. The quantitative estimate of drug-likeness (QED) is 0.409. The lowest BCUT2D eigenvalue weighted by molar-refractivity contribution is -0.137. The number of hydrogen-bond acceptors (Lipinski definition) is 7. The Morgan fingerprint density at radius 3 is 2.35 bits per heavy atom. The Hall–Kier alpha value is -3.33. The number of Topliss-reactive ketones (excluding diaryl/α,β-unsaturated/α-hetero) is 1. The standard InChI is InChI=1S/C25H32N2O7/c1-16(2)27-17(3)12-20(18(27)4)21(28)14-34-25(30)19-6-7-22(23(13-19)31-5)33-15-24(29)26-8-10-32-11-9-26/h6-7,12-13,16H,8-11,14-15H2,1-5H3. The van der Waals surface area contributed by atoms with Crippen molar-refractivity contribution in [2.24, 2.45) is 0 Å². The van der Waals surface area contributed by atoms with Gasteiger partial charge in [-0.15, -0.1) is 0 Å². The molecule has 0 aliphatic carbocycles. The van der Waals surface area contributed by atoms with Gasteiger partial charge in [-0.25, -0.2) is 4.79 Å². The van der Waals surface area contributed by atoms with Gasteiger partial charge in [0.15, 0.2) is 24.7 Å². The first-order chi connectivity index (χ1) is 16.2. The van der Waals surface area contributed by atoms with Crippen molar-refractivity contribution < 1.29 is 33.3 Å². The molecule has 9 nitrogen and oxygen atoms in total. The molecule has 1 saturated heterocycles. The zero-order chi connectivity index (χ0) is 24.8. The lowest BCUT2D eigenvalue weighted by Crippen LogP contribution is -2.43. The molecule has 0 bridgehead atoms.